The fourth-order valence-electron chi connectivity index (χ4n) is 1.69. The molecule has 2 N–H and O–H groups in total. The van der Waals surface area contributed by atoms with Crippen molar-refractivity contribution in [2.24, 2.45) is 0 Å². The molecule has 0 bridgehead atoms. The number of carbonyl (C=O) groups excluding carboxylic acids is 1. The second kappa shape index (κ2) is 5.58. The fraction of sp³-hybridized carbons (Fsp3) is 0.545. The third-order valence-electron chi connectivity index (χ3n) is 2.69. The van der Waals surface area contributed by atoms with Gasteiger partial charge in [0.25, 0.3) is 0 Å². The molecule has 6 nitrogen and oxygen atoms in total. The van der Waals surface area contributed by atoms with Gasteiger partial charge in [0.05, 0.1) is 12.2 Å². The van der Waals surface area contributed by atoms with Crippen LogP contribution in [-0.2, 0) is 4.79 Å². The van der Waals surface area contributed by atoms with E-state index in [1.807, 2.05) is 24.0 Å². The average Bonchev–Trinajstić information content (AvgIpc) is 2.39. The van der Waals surface area contributed by atoms with Gasteiger partial charge < -0.3 is 15.5 Å². The zero-order chi connectivity index (χ0) is 12.1. The number of nitrogens with one attached hydrogen (secondary N) is 2. The number of rotatable bonds is 3. The maximum atomic E-state index is 11.8. The van der Waals surface area contributed by atoms with Crippen LogP contribution in [0.2, 0.25) is 0 Å². The Morgan fingerprint density at radius 1 is 1.41 bits per heavy atom. The molecule has 0 aliphatic carbocycles. The standard InChI is InChI=1S/C11H17N5O/c1-9-2-3-10(15-14-9)13-8-11(17)16-6-4-12-5-7-16/h2-3,12H,4-8H2,1H3,(H,13,15). The molecule has 1 saturated heterocycles. The summed E-state index contributed by atoms with van der Waals surface area (Å²) < 4.78 is 0. The van der Waals surface area contributed by atoms with Crippen LogP contribution in [-0.4, -0.2) is 53.7 Å². The van der Waals surface area contributed by atoms with Crippen LogP contribution in [0.1, 0.15) is 5.69 Å². The van der Waals surface area contributed by atoms with Crippen molar-refractivity contribution in [3.63, 3.8) is 0 Å². The lowest BCUT2D eigenvalue weighted by atomic mass is 10.3. The van der Waals surface area contributed by atoms with Crippen molar-refractivity contribution in [3.8, 4) is 0 Å². The van der Waals surface area contributed by atoms with E-state index in [1.165, 1.54) is 0 Å². The maximum Gasteiger partial charge on any atom is 0.242 e. The maximum absolute atomic E-state index is 11.8. The van der Waals surface area contributed by atoms with E-state index in [1.54, 1.807) is 0 Å². The van der Waals surface area contributed by atoms with Gasteiger partial charge in [-0.05, 0) is 19.1 Å². The minimum Gasteiger partial charge on any atom is -0.360 e. The van der Waals surface area contributed by atoms with Crippen molar-refractivity contribution in [2.75, 3.05) is 38.0 Å². The number of carbonyl (C=O) groups is 1. The highest BCUT2D eigenvalue weighted by Crippen LogP contribution is 2.01. The molecule has 0 atom stereocenters. The third kappa shape index (κ3) is 3.39. The Bertz CT molecular complexity index is 372. The molecule has 17 heavy (non-hydrogen) atoms. The number of nitrogens with zero attached hydrogens (tertiary/aromatic N) is 3. The Hall–Kier alpha value is -1.69. The summed E-state index contributed by atoms with van der Waals surface area (Å²) in [5.74, 6) is 0.743. The number of aromatic nitrogens is 2. The molecular formula is C11H17N5O. The van der Waals surface area contributed by atoms with Gasteiger partial charge >= 0.3 is 0 Å². The lowest BCUT2D eigenvalue weighted by Crippen LogP contribution is -2.48. The van der Waals surface area contributed by atoms with Gasteiger partial charge in [-0.3, -0.25) is 4.79 Å². The van der Waals surface area contributed by atoms with E-state index in [0.717, 1.165) is 31.9 Å². The number of aryl methyl sites for hydroxylation is 1. The molecule has 1 fully saturated rings. The second-order valence-electron chi connectivity index (χ2n) is 4.04. The highest BCUT2D eigenvalue weighted by molar-refractivity contribution is 5.80. The molecule has 1 amide bonds. The van der Waals surface area contributed by atoms with E-state index in [-0.39, 0.29) is 12.5 Å². The first-order chi connectivity index (χ1) is 8.25. The summed E-state index contributed by atoms with van der Waals surface area (Å²) in [5.41, 5.74) is 0.865. The SMILES string of the molecule is Cc1ccc(NCC(=O)N2CCNCC2)nn1. The van der Waals surface area contributed by atoms with Crippen LogP contribution >= 0.6 is 0 Å². The molecule has 0 radical (unpaired) electrons. The Morgan fingerprint density at radius 2 is 2.18 bits per heavy atom. The lowest BCUT2D eigenvalue weighted by Gasteiger charge is -2.27. The molecule has 0 saturated carbocycles. The number of anilines is 1. The van der Waals surface area contributed by atoms with Gasteiger partial charge in [0.1, 0.15) is 5.82 Å². The quantitative estimate of drug-likeness (QED) is 0.748. The normalized spacial score (nSPS) is 15.7. The molecule has 6 heteroatoms. The van der Waals surface area contributed by atoms with Crippen molar-refractivity contribution in [1.29, 1.82) is 0 Å². The molecule has 92 valence electrons. The van der Waals surface area contributed by atoms with Crippen LogP contribution in [0.4, 0.5) is 5.82 Å². The predicted octanol–water partition coefficient (Wildman–Crippen LogP) is -0.371. The molecule has 0 unspecified atom stereocenters. The van der Waals surface area contributed by atoms with Crippen molar-refractivity contribution in [1.82, 2.24) is 20.4 Å². The van der Waals surface area contributed by atoms with Crippen LogP contribution < -0.4 is 10.6 Å². The number of amides is 1. The van der Waals surface area contributed by atoms with E-state index in [4.69, 9.17) is 0 Å². The van der Waals surface area contributed by atoms with Gasteiger partial charge in [-0.1, -0.05) is 0 Å². The summed E-state index contributed by atoms with van der Waals surface area (Å²) in [6.45, 7) is 5.45. The summed E-state index contributed by atoms with van der Waals surface area (Å²) >= 11 is 0. The van der Waals surface area contributed by atoms with Gasteiger partial charge in [0.15, 0.2) is 0 Å². The van der Waals surface area contributed by atoms with Crippen molar-refractivity contribution in [2.45, 2.75) is 6.92 Å². The lowest BCUT2D eigenvalue weighted by molar-refractivity contribution is -0.129. The number of piperazine rings is 1. The average molecular weight is 235 g/mol. The van der Waals surface area contributed by atoms with Crippen LogP contribution in [0.15, 0.2) is 12.1 Å². The Labute approximate surface area is 100 Å². The highest BCUT2D eigenvalue weighted by Gasteiger charge is 2.15. The Kier molecular flexibility index (Phi) is 3.87. The van der Waals surface area contributed by atoms with E-state index < -0.39 is 0 Å². The molecule has 1 aliphatic heterocycles. The summed E-state index contributed by atoms with van der Waals surface area (Å²) in [6, 6.07) is 3.69. The Balaban J connectivity index is 1.81. The number of hydrogen-bond acceptors (Lipinski definition) is 5. The van der Waals surface area contributed by atoms with Crippen LogP contribution in [0, 0.1) is 6.92 Å². The first kappa shape index (κ1) is 11.8. The van der Waals surface area contributed by atoms with Gasteiger partial charge in [-0.25, -0.2) is 0 Å². The topological polar surface area (TPSA) is 70.2 Å². The van der Waals surface area contributed by atoms with E-state index in [9.17, 15) is 4.79 Å². The summed E-state index contributed by atoms with van der Waals surface area (Å²) in [7, 11) is 0. The number of hydrogen-bond donors (Lipinski definition) is 2. The predicted molar refractivity (Wildman–Crippen MR) is 64.7 cm³/mol. The van der Waals surface area contributed by atoms with Crippen LogP contribution in [0.25, 0.3) is 0 Å². The van der Waals surface area contributed by atoms with Gasteiger partial charge in [-0.2, -0.15) is 5.10 Å². The van der Waals surface area contributed by atoms with Crippen molar-refractivity contribution >= 4 is 11.7 Å². The second-order valence-corrected chi connectivity index (χ2v) is 4.04. The smallest absolute Gasteiger partial charge is 0.242 e. The highest BCUT2D eigenvalue weighted by atomic mass is 16.2. The van der Waals surface area contributed by atoms with E-state index in [2.05, 4.69) is 20.8 Å². The summed E-state index contributed by atoms with van der Waals surface area (Å²) in [6.07, 6.45) is 0. The first-order valence-corrected chi connectivity index (χ1v) is 5.78. The third-order valence-corrected chi connectivity index (χ3v) is 2.69. The minimum absolute atomic E-state index is 0.105. The minimum atomic E-state index is 0.105. The summed E-state index contributed by atoms with van der Waals surface area (Å²) in [5, 5.41) is 14.1. The zero-order valence-corrected chi connectivity index (χ0v) is 9.94. The fourth-order valence-corrected chi connectivity index (χ4v) is 1.69. The van der Waals surface area contributed by atoms with Gasteiger partial charge in [0, 0.05) is 26.2 Å². The van der Waals surface area contributed by atoms with Crippen LogP contribution in [0.3, 0.4) is 0 Å². The molecule has 2 rings (SSSR count). The molecule has 1 aromatic heterocycles. The van der Waals surface area contributed by atoms with Crippen molar-refractivity contribution < 1.29 is 4.79 Å². The molecule has 0 spiro atoms. The van der Waals surface area contributed by atoms with E-state index in [0.29, 0.717) is 5.82 Å². The molecule has 2 heterocycles. The van der Waals surface area contributed by atoms with E-state index >= 15 is 0 Å². The molecule has 1 aliphatic rings. The molecule has 0 aromatic carbocycles. The molecule has 1 aromatic rings. The first-order valence-electron chi connectivity index (χ1n) is 5.78. The molecular weight excluding hydrogens is 218 g/mol. The van der Waals surface area contributed by atoms with Gasteiger partial charge in [-0.15, -0.1) is 5.10 Å². The van der Waals surface area contributed by atoms with Crippen LogP contribution in [0.5, 0.6) is 0 Å². The zero-order valence-electron chi connectivity index (χ0n) is 9.94. The monoisotopic (exact) mass is 235 g/mol. The van der Waals surface area contributed by atoms with Gasteiger partial charge in [0.2, 0.25) is 5.91 Å². The summed E-state index contributed by atoms with van der Waals surface area (Å²) in [4.78, 5) is 13.7. The Morgan fingerprint density at radius 3 is 2.82 bits per heavy atom. The largest absolute Gasteiger partial charge is 0.360 e. The van der Waals surface area contributed by atoms with Crippen molar-refractivity contribution in [3.05, 3.63) is 17.8 Å².